The van der Waals surface area contributed by atoms with Gasteiger partial charge < -0.3 is 30.7 Å². The standard InChI is InChI=1S/C28H27NO4.C15H11ClO2.C13H17NO2/c30-26(31)28(16-14-20(15-17-28)19-8-2-1-3-9-19)29-27(32)33-18-25-23-12-6-4-10-21(23)22-11-5-7-13-24(22)25;16-15(17)18-9-14-12-7-3-1-5-10(12)11-6-2-4-8-13(11)14;14-13(12(15)16)8-6-11(7-9-13)10-4-2-1-3-5-10/h1-13,20,25H,14-18H2,(H,29,32)(H,30,31);1-8,14H,9H2;1-5,11H,6-9,14H2,(H,15,16). The normalized spacial score (nSPS) is 21.3. The second kappa shape index (κ2) is 20.8. The molecule has 0 atom stereocenters. The van der Waals surface area contributed by atoms with Crippen LogP contribution in [-0.2, 0) is 19.1 Å². The zero-order valence-electron chi connectivity index (χ0n) is 37.2. The Bertz CT molecular complexity index is 2600. The van der Waals surface area contributed by atoms with Crippen LogP contribution in [0.4, 0.5) is 9.59 Å². The van der Waals surface area contributed by atoms with Crippen LogP contribution in [0.15, 0.2) is 158 Å². The molecule has 1 amide bonds. The molecule has 10 nitrogen and oxygen atoms in total. The number of ether oxygens (including phenoxy) is 2. The second-order valence-corrected chi connectivity index (χ2v) is 18.3. The predicted molar refractivity (Wildman–Crippen MR) is 259 cm³/mol. The van der Waals surface area contributed by atoms with Crippen LogP contribution in [-0.4, -0.2) is 58.0 Å². The van der Waals surface area contributed by atoms with Gasteiger partial charge in [0.05, 0.1) is 0 Å². The van der Waals surface area contributed by atoms with Crippen molar-refractivity contribution in [2.45, 2.75) is 86.1 Å². The lowest BCUT2D eigenvalue weighted by Crippen LogP contribution is -2.56. The monoisotopic (exact) mass is 918 g/mol. The maximum absolute atomic E-state index is 12.8. The third kappa shape index (κ3) is 10.5. The van der Waals surface area contributed by atoms with E-state index >= 15 is 0 Å². The largest absolute Gasteiger partial charge is 0.480 e. The van der Waals surface area contributed by atoms with Crippen LogP contribution in [0, 0.1) is 0 Å². The van der Waals surface area contributed by atoms with Gasteiger partial charge in [-0.1, -0.05) is 158 Å². The van der Waals surface area contributed by atoms with Gasteiger partial charge in [-0.3, -0.25) is 4.79 Å². The number of halogens is 1. The van der Waals surface area contributed by atoms with Crippen molar-refractivity contribution in [3.8, 4) is 22.3 Å². The fourth-order valence-corrected chi connectivity index (χ4v) is 10.4. The van der Waals surface area contributed by atoms with Gasteiger partial charge in [0.1, 0.15) is 24.3 Å². The van der Waals surface area contributed by atoms with Gasteiger partial charge in [0.2, 0.25) is 0 Å². The Morgan fingerprint density at radius 3 is 1.21 bits per heavy atom. The Hall–Kier alpha value is -6.75. The van der Waals surface area contributed by atoms with Crippen molar-refractivity contribution in [2.24, 2.45) is 5.73 Å². The number of carbonyl (C=O) groups is 4. The Morgan fingerprint density at radius 1 is 0.507 bits per heavy atom. The van der Waals surface area contributed by atoms with E-state index in [0.29, 0.717) is 50.4 Å². The summed E-state index contributed by atoms with van der Waals surface area (Å²) in [6.07, 6.45) is 4.39. The molecule has 67 heavy (non-hydrogen) atoms. The molecule has 0 aliphatic heterocycles. The van der Waals surface area contributed by atoms with E-state index in [-0.39, 0.29) is 25.0 Å². The van der Waals surface area contributed by atoms with Crippen molar-refractivity contribution in [1.82, 2.24) is 5.32 Å². The molecule has 4 aliphatic carbocycles. The molecule has 5 N–H and O–H groups in total. The number of carboxylic acid groups (broad SMARTS) is 2. The van der Waals surface area contributed by atoms with Crippen molar-refractivity contribution in [2.75, 3.05) is 13.2 Å². The first-order valence-electron chi connectivity index (χ1n) is 23.0. The summed E-state index contributed by atoms with van der Waals surface area (Å²) in [5.41, 5.74) is 14.7. The fraction of sp³-hybridized carbons (Fsp3) is 0.286. The van der Waals surface area contributed by atoms with E-state index in [4.69, 9.17) is 31.9 Å². The molecule has 10 rings (SSSR count). The first-order valence-corrected chi connectivity index (χ1v) is 23.3. The van der Waals surface area contributed by atoms with Crippen LogP contribution in [0.2, 0.25) is 0 Å². The molecule has 11 heteroatoms. The summed E-state index contributed by atoms with van der Waals surface area (Å²) in [7, 11) is 0. The van der Waals surface area contributed by atoms with E-state index in [1.807, 2.05) is 84.9 Å². The quantitative estimate of drug-likeness (QED) is 0.103. The number of carbonyl (C=O) groups excluding carboxylic acids is 2. The van der Waals surface area contributed by atoms with Crippen molar-refractivity contribution >= 4 is 35.1 Å². The number of rotatable bonds is 9. The van der Waals surface area contributed by atoms with E-state index in [1.165, 1.54) is 33.4 Å². The Morgan fingerprint density at radius 2 is 0.851 bits per heavy atom. The van der Waals surface area contributed by atoms with Gasteiger partial charge in [-0.05, 0) is 119 Å². The Balaban J connectivity index is 0.000000150. The zero-order valence-corrected chi connectivity index (χ0v) is 37.9. The van der Waals surface area contributed by atoms with E-state index in [9.17, 15) is 24.3 Å². The predicted octanol–water partition coefficient (Wildman–Crippen LogP) is 12.0. The number of alkyl carbamates (subject to hydrolysis) is 1. The number of hydrogen-bond donors (Lipinski definition) is 4. The highest BCUT2D eigenvalue weighted by molar-refractivity contribution is 6.61. The maximum Gasteiger partial charge on any atom is 0.408 e. The average molecular weight is 920 g/mol. The highest BCUT2D eigenvalue weighted by Gasteiger charge is 2.44. The number of benzene rings is 6. The molecule has 6 aromatic rings. The van der Waals surface area contributed by atoms with Crippen LogP contribution in [0.1, 0.15) is 108 Å². The van der Waals surface area contributed by atoms with Gasteiger partial charge in [0.25, 0.3) is 0 Å². The number of carboxylic acids is 2. The SMILES string of the molecule is NC1(C(=O)O)CCC(c2ccccc2)CC1.O=C(Cl)OCC1c2ccccc2-c2ccccc21.O=C(NC1(C(=O)O)CCC(c2ccccc2)CC1)OCC1c2ccccc2-c2ccccc21. The summed E-state index contributed by atoms with van der Waals surface area (Å²) in [5, 5.41) is 21.7. The molecular formula is C56H55ClN2O8. The molecule has 2 fully saturated rings. The van der Waals surface area contributed by atoms with Crippen molar-refractivity contribution in [1.29, 1.82) is 0 Å². The molecule has 0 saturated heterocycles. The third-order valence-corrected chi connectivity index (χ3v) is 14.2. The van der Waals surface area contributed by atoms with Crippen LogP contribution in [0.25, 0.3) is 22.3 Å². The molecule has 4 aliphatic rings. The van der Waals surface area contributed by atoms with E-state index in [1.54, 1.807) is 0 Å². The minimum absolute atomic E-state index is 0.0576. The minimum Gasteiger partial charge on any atom is -0.480 e. The average Bonchev–Trinajstić information content (AvgIpc) is 3.86. The first-order chi connectivity index (χ1) is 32.5. The summed E-state index contributed by atoms with van der Waals surface area (Å²) in [5.74, 6) is -1.06. The lowest BCUT2D eigenvalue weighted by molar-refractivity contribution is -0.146. The summed E-state index contributed by atoms with van der Waals surface area (Å²) in [6.45, 7) is 0.457. The molecule has 344 valence electrons. The number of hydrogen-bond acceptors (Lipinski definition) is 7. The highest BCUT2D eigenvalue weighted by atomic mass is 35.5. The number of nitrogens with two attached hydrogens (primary N) is 1. The molecule has 2 saturated carbocycles. The molecular weight excluding hydrogens is 864 g/mol. The van der Waals surface area contributed by atoms with E-state index < -0.39 is 34.5 Å². The van der Waals surface area contributed by atoms with Gasteiger partial charge in [-0.25, -0.2) is 14.4 Å². The van der Waals surface area contributed by atoms with Gasteiger partial charge in [0, 0.05) is 23.4 Å². The summed E-state index contributed by atoms with van der Waals surface area (Å²) >= 11 is 5.25. The second-order valence-electron chi connectivity index (χ2n) is 17.9. The summed E-state index contributed by atoms with van der Waals surface area (Å²) in [4.78, 5) is 46.7. The van der Waals surface area contributed by atoms with E-state index in [0.717, 1.165) is 35.1 Å². The molecule has 0 bridgehead atoms. The number of nitrogens with one attached hydrogen (secondary N) is 1. The number of amides is 1. The third-order valence-electron chi connectivity index (χ3n) is 14.1. The Kier molecular flexibility index (Phi) is 14.5. The summed E-state index contributed by atoms with van der Waals surface area (Å²) < 4.78 is 10.6. The molecule has 0 unspecified atom stereocenters. The van der Waals surface area contributed by atoms with Crippen molar-refractivity contribution in [3.05, 3.63) is 191 Å². The van der Waals surface area contributed by atoms with Crippen LogP contribution < -0.4 is 11.1 Å². The minimum atomic E-state index is -1.28. The first kappa shape index (κ1) is 46.8. The van der Waals surface area contributed by atoms with Crippen LogP contribution in [0.3, 0.4) is 0 Å². The smallest absolute Gasteiger partial charge is 0.408 e. The van der Waals surface area contributed by atoms with Crippen molar-refractivity contribution in [3.63, 3.8) is 0 Å². The molecule has 0 aromatic heterocycles. The van der Waals surface area contributed by atoms with Crippen LogP contribution >= 0.6 is 11.6 Å². The highest BCUT2D eigenvalue weighted by Crippen LogP contribution is 2.46. The van der Waals surface area contributed by atoms with E-state index in [2.05, 4.69) is 78.1 Å². The van der Waals surface area contributed by atoms with Gasteiger partial charge in [0.15, 0.2) is 0 Å². The summed E-state index contributed by atoms with van der Waals surface area (Å²) in [6, 6.07) is 53.1. The lowest BCUT2D eigenvalue weighted by atomic mass is 9.74. The zero-order chi connectivity index (χ0) is 47.0. The fourth-order valence-electron chi connectivity index (χ4n) is 10.4. The van der Waals surface area contributed by atoms with Crippen molar-refractivity contribution < 1.29 is 38.9 Å². The molecule has 0 heterocycles. The van der Waals surface area contributed by atoms with Gasteiger partial charge in [-0.2, -0.15) is 0 Å². The topological polar surface area (TPSA) is 165 Å². The molecule has 0 radical (unpaired) electrons. The number of aliphatic carboxylic acids is 2. The lowest BCUT2D eigenvalue weighted by Gasteiger charge is -2.37. The van der Waals surface area contributed by atoms with Gasteiger partial charge >= 0.3 is 23.5 Å². The number of fused-ring (bicyclic) bond motifs is 6. The molecule has 0 spiro atoms. The molecule has 6 aromatic carbocycles. The van der Waals surface area contributed by atoms with Crippen LogP contribution in [0.5, 0.6) is 0 Å². The Labute approximate surface area is 396 Å². The van der Waals surface area contributed by atoms with Gasteiger partial charge in [-0.15, -0.1) is 0 Å². The maximum atomic E-state index is 12.8.